The van der Waals surface area contributed by atoms with Crippen molar-refractivity contribution in [2.75, 3.05) is 6.61 Å². The lowest BCUT2D eigenvalue weighted by molar-refractivity contribution is -0.365. The molecule has 1 fully saturated rings. The molecule has 6 N–H and O–H groups in total. The maximum atomic E-state index is 11.7. The van der Waals surface area contributed by atoms with Crippen molar-refractivity contribution in [2.24, 2.45) is 5.92 Å². The van der Waals surface area contributed by atoms with Crippen LogP contribution in [0.5, 0.6) is 0 Å². The molecule has 0 saturated carbocycles. The molecule has 0 aromatic carbocycles. The lowest BCUT2D eigenvalue weighted by Gasteiger charge is -2.47. The second-order valence-corrected chi connectivity index (χ2v) is 8.59. The average molecular weight is 435 g/mol. The highest BCUT2D eigenvalue weighted by molar-refractivity contribution is 5.71. The topological polar surface area (TPSA) is 148 Å². The Bertz CT molecular complexity index is 472. The quantitative estimate of drug-likeness (QED) is 0.202. The summed E-state index contributed by atoms with van der Waals surface area (Å²) in [5.41, 5.74) is 0. The summed E-state index contributed by atoms with van der Waals surface area (Å²) in [4.78, 5) is 11.7. The maximum absolute atomic E-state index is 11.7. The molecular formula is C22H42O8. The first-order valence-electron chi connectivity index (χ1n) is 11.6. The van der Waals surface area contributed by atoms with Gasteiger partial charge in [-0.15, -0.1) is 0 Å². The van der Waals surface area contributed by atoms with E-state index in [4.69, 9.17) is 4.74 Å². The van der Waals surface area contributed by atoms with Gasteiger partial charge >= 0.3 is 5.97 Å². The Hall–Kier alpha value is -0.770. The fraction of sp³-hybridized carbons (Fsp3) is 0.955. The summed E-state index contributed by atoms with van der Waals surface area (Å²) in [6.45, 7) is 1.49. The van der Waals surface area contributed by atoms with E-state index in [2.05, 4.69) is 6.92 Å². The third-order valence-electron chi connectivity index (χ3n) is 6.14. The van der Waals surface area contributed by atoms with Crippen molar-refractivity contribution in [1.82, 2.24) is 0 Å². The molecule has 2 unspecified atom stereocenters. The molecule has 8 nitrogen and oxygen atoms in total. The number of carboxylic acids is 1. The zero-order valence-electron chi connectivity index (χ0n) is 18.3. The van der Waals surface area contributed by atoms with E-state index in [1.165, 1.54) is 44.9 Å². The van der Waals surface area contributed by atoms with Gasteiger partial charge in [-0.05, 0) is 6.42 Å². The van der Waals surface area contributed by atoms with Crippen molar-refractivity contribution in [3.63, 3.8) is 0 Å². The molecule has 1 aliphatic rings. The summed E-state index contributed by atoms with van der Waals surface area (Å²) >= 11 is 0. The van der Waals surface area contributed by atoms with Crippen molar-refractivity contribution in [3.05, 3.63) is 0 Å². The van der Waals surface area contributed by atoms with Crippen LogP contribution in [-0.2, 0) is 9.53 Å². The minimum Gasteiger partial charge on any atom is -0.481 e. The third kappa shape index (κ3) is 8.05. The molecule has 1 rings (SSSR count). The van der Waals surface area contributed by atoms with Gasteiger partial charge in [0, 0.05) is 0 Å². The number of carbonyl (C=O) groups is 1. The van der Waals surface area contributed by atoms with Crippen LogP contribution in [0.4, 0.5) is 0 Å². The minimum atomic E-state index is -2.57. The van der Waals surface area contributed by atoms with E-state index in [9.17, 15) is 35.4 Å². The molecule has 0 radical (unpaired) electrons. The van der Waals surface area contributed by atoms with Crippen molar-refractivity contribution >= 4 is 5.97 Å². The lowest BCUT2D eigenvalue weighted by atomic mass is 9.82. The predicted octanol–water partition coefficient (Wildman–Crippen LogP) is 1.94. The van der Waals surface area contributed by atoms with Crippen LogP contribution in [0.15, 0.2) is 0 Å². The maximum Gasteiger partial charge on any atom is 0.312 e. The van der Waals surface area contributed by atoms with Gasteiger partial charge in [0.1, 0.15) is 30.3 Å². The Labute approximate surface area is 179 Å². The van der Waals surface area contributed by atoms with Crippen molar-refractivity contribution < 1.29 is 40.2 Å². The normalized spacial score (nSPS) is 30.3. The first-order valence-corrected chi connectivity index (χ1v) is 11.6. The van der Waals surface area contributed by atoms with Crippen LogP contribution in [0.1, 0.15) is 90.4 Å². The standard InChI is InChI=1S/C22H42O8/c1-2-3-4-5-6-7-8-9-10-11-12-13-14-16(21(27)28)22(29)20(26)19(25)18(24)17(15-23)30-22/h16-20,23-26,29H,2-15H2,1H3,(H,27,28)/t16?,17-,18-,19+,20-,22?/m1/s1. The van der Waals surface area contributed by atoms with Crippen LogP contribution in [0.25, 0.3) is 0 Å². The van der Waals surface area contributed by atoms with E-state index in [1.807, 2.05) is 0 Å². The van der Waals surface area contributed by atoms with Gasteiger partial charge in [-0.2, -0.15) is 0 Å². The molecule has 0 aromatic rings. The Balaban J connectivity index is 2.35. The highest BCUT2D eigenvalue weighted by Gasteiger charge is 2.58. The first kappa shape index (κ1) is 27.3. The smallest absolute Gasteiger partial charge is 0.312 e. The summed E-state index contributed by atoms with van der Waals surface area (Å²) in [6.07, 6.45) is 6.73. The number of aliphatic hydroxyl groups excluding tert-OH is 4. The van der Waals surface area contributed by atoms with Crippen molar-refractivity contribution in [1.29, 1.82) is 0 Å². The Morgan fingerprint density at radius 2 is 1.33 bits per heavy atom. The van der Waals surface area contributed by atoms with E-state index in [1.54, 1.807) is 0 Å². The molecule has 1 aliphatic heterocycles. The van der Waals surface area contributed by atoms with Crippen LogP contribution in [-0.4, -0.2) is 73.4 Å². The summed E-state index contributed by atoms with van der Waals surface area (Å²) in [5.74, 6) is -5.41. The van der Waals surface area contributed by atoms with Gasteiger partial charge in [-0.3, -0.25) is 4.79 Å². The molecule has 6 atom stereocenters. The third-order valence-corrected chi connectivity index (χ3v) is 6.14. The Morgan fingerprint density at radius 3 is 1.77 bits per heavy atom. The second-order valence-electron chi connectivity index (χ2n) is 8.59. The van der Waals surface area contributed by atoms with Crippen molar-refractivity contribution in [2.45, 2.75) is 121 Å². The fourth-order valence-electron chi connectivity index (χ4n) is 4.16. The lowest BCUT2D eigenvalue weighted by Crippen LogP contribution is -2.68. The van der Waals surface area contributed by atoms with E-state index in [0.717, 1.165) is 25.7 Å². The van der Waals surface area contributed by atoms with Gasteiger partial charge < -0.3 is 35.4 Å². The van der Waals surface area contributed by atoms with E-state index in [-0.39, 0.29) is 6.42 Å². The highest BCUT2D eigenvalue weighted by Crippen LogP contribution is 2.36. The molecule has 0 amide bonds. The van der Waals surface area contributed by atoms with Crippen LogP contribution in [0.2, 0.25) is 0 Å². The van der Waals surface area contributed by atoms with Crippen LogP contribution in [0, 0.1) is 5.92 Å². The monoisotopic (exact) mass is 434 g/mol. The predicted molar refractivity (Wildman–Crippen MR) is 112 cm³/mol. The summed E-state index contributed by atoms with van der Waals surface area (Å²) < 4.78 is 5.16. The number of ether oxygens (including phenoxy) is 1. The molecule has 1 heterocycles. The van der Waals surface area contributed by atoms with Crippen LogP contribution >= 0.6 is 0 Å². The summed E-state index contributed by atoms with van der Waals surface area (Å²) in [6, 6.07) is 0. The molecule has 178 valence electrons. The number of rotatable bonds is 16. The average Bonchev–Trinajstić information content (AvgIpc) is 2.72. The number of aliphatic carboxylic acids is 1. The van der Waals surface area contributed by atoms with Gasteiger partial charge in [-0.25, -0.2) is 0 Å². The zero-order chi connectivity index (χ0) is 22.6. The number of aliphatic hydroxyl groups is 5. The number of carboxylic acid groups (broad SMARTS) is 1. The Morgan fingerprint density at radius 1 is 0.867 bits per heavy atom. The number of hydrogen-bond donors (Lipinski definition) is 6. The first-order chi connectivity index (χ1) is 14.3. The van der Waals surface area contributed by atoms with Crippen LogP contribution < -0.4 is 0 Å². The summed E-state index contributed by atoms with van der Waals surface area (Å²) in [7, 11) is 0. The number of unbranched alkanes of at least 4 members (excludes halogenated alkanes) is 11. The minimum absolute atomic E-state index is 0.0568. The SMILES string of the molecule is CCCCCCCCCCCCCCC(C(=O)O)C1(O)O[C@H](CO)[C@@H](O)[C@H](O)[C@H]1O. The fourth-order valence-corrected chi connectivity index (χ4v) is 4.16. The van der Waals surface area contributed by atoms with E-state index < -0.39 is 48.7 Å². The highest BCUT2D eigenvalue weighted by atomic mass is 16.7. The van der Waals surface area contributed by atoms with Gasteiger partial charge in [-0.1, -0.05) is 84.0 Å². The van der Waals surface area contributed by atoms with Gasteiger partial charge in [0.05, 0.1) is 6.61 Å². The van der Waals surface area contributed by atoms with Gasteiger partial charge in [0.25, 0.3) is 0 Å². The molecule has 30 heavy (non-hydrogen) atoms. The molecule has 0 aromatic heterocycles. The van der Waals surface area contributed by atoms with Crippen molar-refractivity contribution in [3.8, 4) is 0 Å². The second kappa shape index (κ2) is 14.3. The zero-order valence-corrected chi connectivity index (χ0v) is 18.3. The molecule has 0 bridgehead atoms. The van der Waals surface area contributed by atoms with Gasteiger partial charge in [0.2, 0.25) is 5.79 Å². The molecule has 0 aliphatic carbocycles. The molecule has 0 spiro atoms. The molecule has 8 heteroatoms. The van der Waals surface area contributed by atoms with Crippen LogP contribution in [0.3, 0.4) is 0 Å². The van der Waals surface area contributed by atoms with Gasteiger partial charge in [0.15, 0.2) is 0 Å². The Kier molecular flexibility index (Phi) is 13.0. The van der Waals surface area contributed by atoms with E-state index in [0.29, 0.717) is 6.42 Å². The summed E-state index contributed by atoms with van der Waals surface area (Å²) in [5, 5.41) is 59.4. The largest absolute Gasteiger partial charge is 0.481 e. The molecular weight excluding hydrogens is 392 g/mol. The number of hydrogen-bond acceptors (Lipinski definition) is 7. The van der Waals surface area contributed by atoms with E-state index >= 15 is 0 Å². The molecule has 1 saturated heterocycles.